The number of ether oxygens (including phenoxy) is 2. The molecule has 8 heteroatoms. The second-order valence-corrected chi connectivity index (χ2v) is 5.50. The second kappa shape index (κ2) is 10.2. The number of carbonyl (C=O) groups excluding carboxylic acids is 4. The van der Waals surface area contributed by atoms with Gasteiger partial charge in [0.2, 0.25) is 0 Å². The van der Waals surface area contributed by atoms with E-state index in [1.54, 1.807) is 0 Å². The van der Waals surface area contributed by atoms with Crippen molar-refractivity contribution in [3.8, 4) is 0 Å². The summed E-state index contributed by atoms with van der Waals surface area (Å²) in [5.41, 5.74) is -2.35. The summed E-state index contributed by atoms with van der Waals surface area (Å²) in [6.45, 7) is 3.91. The third-order valence-corrected chi connectivity index (χ3v) is 3.50. The van der Waals surface area contributed by atoms with Crippen LogP contribution in [-0.2, 0) is 9.47 Å². The number of hydrogen-bond donors (Lipinski definition) is 0. The van der Waals surface area contributed by atoms with Crippen molar-refractivity contribution < 1.29 is 38.9 Å². The van der Waals surface area contributed by atoms with Crippen LogP contribution in [0.25, 0.3) is 0 Å². The Balaban J connectivity index is 3.34. The summed E-state index contributed by atoms with van der Waals surface area (Å²) >= 11 is 0. The van der Waals surface area contributed by atoms with Crippen LogP contribution in [0.3, 0.4) is 0 Å². The maximum atomic E-state index is 12.2. The predicted molar refractivity (Wildman–Crippen MR) is 85.5 cm³/mol. The molecule has 0 spiro atoms. The fourth-order valence-corrected chi connectivity index (χ4v) is 2.05. The lowest BCUT2D eigenvalue weighted by Crippen LogP contribution is -2.31. The first-order valence-corrected chi connectivity index (χ1v) is 8.28. The Hall–Kier alpha value is -2.90. The van der Waals surface area contributed by atoms with Crippen molar-refractivity contribution in [3.05, 3.63) is 34.4 Å². The predicted octanol–water partition coefficient (Wildman–Crippen LogP) is 0.327. The Morgan fingerprint density at radius 3 is 1.35 bits per heavy atom. The molecule has 0 bridgehead atoms. The third kappa shape index (κ3) is 5.58. The third-order valence-electron chi connectivity index (χ3n) is 3.50. The van der Waals surface area contributed by atoms with Crippen molar-refractivity contribution in [2.75, 3.05) is 13.2 Å². The quantitative estimate of drug-likeness (QED) is 0.428. The van der Waals surface area contributed by atoms with Gasteiger partial charge in [-0.2, -0.15) is 0 Å². The molecule has 0 aromatic heterocycles. The molecule has 0 aliphatic carbocycles. The molecule has 0 atom stereocenters. The summed E-state index contributed by atoms with van der Waals surface area (Å²) < 4.78 is 9.99. The number of carbonyl (C=O) groups is 4. The minimum atomic E-state index is -1.82. The second-order valence-electron chi connectivity index (χ2n) is 5.50. The Morgan fingerprint density at radius 1 is 0.731 bits per heavy atom. The number of carboxylic acids is 2. The molecule has 0 heterocycles. The van der Waals surface area contributed by atoms with Gasteiger partial charge in [0.1, 0.15) is 0 Å². The van der Waals surface area contributed by atoms with Gasteiger partial charge in [0.25, 0.3) is 0 Å². The highest BCUT2D eigenvalue weighted by molar-refractivity contribution is 6.09. The number of unbranched alkanes of at least 4 members (excludes halogenated alkanes) is 2. The molecular weight excluding hydrogens is 344 g/mol. The van der Waals surface area contributed by atoms with Gasteiger partial charge < -0.3 is 29.3 Å². The molecule has 1 aromatic rings. The van der Waals surface area contributed by atoms with Crippen LogP contribution in [0.4, 0.5) is 0 Å². The van der Waals surface area contributed by atoms with Gasteiger partial charge in [-0.1, -0.05) is 26.7 Å². The molecule has 0 aliphatic heterocycles. The molecule has 0 aliphatic rings. The largest absolute Gasteiger partial charge is 0.545 e. The standard InChI is InChI=1S/C18H22O8/c1-3-5-7-25-17(23)13-9-11(15(19)20)12(16(21)22)10-14(13)18(24)26-8-6-4-2/h9-10H,3-8H2,1-2H3,(H,19,20)(H,21,22)/p-2. The summed E-state index contributed by atoms with van der Waals surface area (Å²) in [5.74, 6) is -5.54. The molecule has 0 saturated carbocycles. The number of aromatic carboxylic acids is 2. The molecule has 8 nitrogen and oxygen atoms in total. The summed E-state index contributed by atoms with van der Waals surface area (Å²) in [4.78, 5) is 46.8. The first-order chi connectivity index (χ1) is 12.3. The normalized spacial score (nSPS) is 10.2. The fourth-order valence-electron chi connectivity index (χ4n) is 2.05. The van der Waals surface area contributed by atoms with E-state index in [9.17, 15) is 29.4 Å². The molecule has 0 radical (unpaired) electrons. The smallest absolute Gasteiger partial charge is 0.339 e. The van der Waals surface area contributed by atoms with Gasteiger partial charge in [-0.05, 0) is 25.0 Å². The van der Waals surface area contributed by atoms with E-state index in [0.717, 1.165) is 25.0 Å². The van der Waals surface area contributed by atoms with Gasteiger partial charge in [-0.3, -0.25) is 0 Å². The highest BCUT2D eigenvalue weighted by Crippen LogP contribution is 2.20. The molecule has 0 amide bonds. The number of esters is 2. The molecule has 26 heavy (non-hydrogen) atoms. The molecule has 0 unspecified atom stereocenters. The lowest BCUT2D eigenvalue weighted by atomic mass is 9.98. The summed E-state index contributed by atoms with van der Waals surface area (Å²) in [7, 11) is 0. The zero-order valence-corrected chi connectivity index (χ0v) is 14.7. The van der Waals surface area contributed by atoms with Gasteiger partial charge in [0.15, 0.2) is 0 Å². The first-order valence-electron chi connectivity index (χ1n) is 8.28. The lowest BCUT2D eigenvalue weighted by molar-refractivity contribution is -0.259. The van der Waals surface area contributed by atoms with Crippen molar-refractivity contribution in [1.29, 1.82) is 0 Å². The number of carboxylic acid groups (broad SMARTS) is 2. The maximum Gasteiger partial charge on any atom is 0.339 e. The molecular formula is C18H20O8-2. The molecule has 1 aromatic carbocycles. The van der Waals surface area contributed by atoms with Crippen LogP contribution in [-0.4, -0.2) is 37.1 Å². The van der Waals surface area contributed by atoms with Crippen molar-refractivity contribution >= 4 is 23.9 Å². The SMILES string of the molecule is CCCCOC(=O)c1cc(C(=O)[O-])c(C(=O)[O-])cc1C(=O)OCCCC. The zero-order chi connectivity index (χ0) is 19.7. The molecule has 0 N–H and O–H groups in total. The van der Waals surface area contributed by atoms with Gasteiger partial charge in [0, 0.05) is 11.1 Å². The van der Waals surface area contributed by atoms with E-state index in [-0.39, 0.29) is 13.2 Å². The van der Waals surface area contributed by atoms with Crippen LogP contribution in [0.2, 0.25) is 0 Å². The van der Waals surface area contributed by atoms with Gasteiger partial charge in [0.05, 0.1) is 36.3 Å². The van der Waals surface area contributed by atoms with Gasteiger partial charge >= 0.3 is 11.9 Å². The Bertz CT molecular complexity index is 634. The average molecular weight is 364 g/mol. The van der Waals surface area contributed by atoms with Crippen molar-refractivity contribution in [1.82, 2.24) is 0 Å². The van der Waals surface area contributed by atoms with E-state index >= 15 is 0 Å². The molecule has 0 fully saturated rings. The minimum Gasteiger partial charge on any atom is -0.545 e. The maximum absolute atomic E-state index is 12.2. The van der Waals surface area contributed by atoms with E-state index in [4.69, 9.17) is 9.47 Å². The summed E-state index contributed by atoms with van der Waals surface area (Å²) in [5, 5.41) is 22.4. The molecule has 0 saturated heterocycles. The van der Waals surface area contributed by atoms with Crippen LogP contribution >= 0.6 is 0 Å². The van der Waals surface area contributed by atoms with Crippen molar-refractivity contribution in [3.63, 3.8) is 0 Å². The minimum absolute atomic E-state index is 0.0720. The Labute approximate surface area is 150 Å². The molecule has 142 valence electrons. The van der Waals surface area contributed by atoms with E-state index < -0.39 is 46.1 Å². The number of benzene rings is 1. The fraction of sp³-hybridized carbons (Fsp3) is 0.444. The Morgan fingerprint density at radius 2 is 1.08 bits per heavy atom. The zero-order valence-electron chi connectivity index (χ0n) is 14.7. The van der Waals surface area contributed by atoms with Crippen molar-refractivity contribution in [2.45, 2.75) is 39.5 Å². The topological polar surface area (TPSA) is 133 Å². The summed E-state index contributed by atoms with van der Waals surface area (Å²) in [6, 6.07) is 1.48. The van der Waals surface area contributed by atoms with Crippen LogP contribution in [0.5, 0.6) is 0 Å². The first kappa shape index (κ1) is 21.1. The van der Waals surface area contributed by atoms with Gasteiger partial charge in [-0.25, -0.2) is 9.59 Å². The van der Waals surface area contributed by atoms with E-state index in [1.165, 1.54) is 0 Å². The van der Waals surface area contributed by atoms with E-state index in [1.807, 2.05) is 13.8 Å². The van der Waals surface area contributed by atoms with E-state index in [2.05, 4.69) is 0 Å². The van der Waals surface area contributed by atoms with Crippen LogP contribution < -0.4 is 10.2 Å². The van der Waals surface area contributed by atoms with E-state index in [0.29, 0.717) is 12.8 Å². The average Bonchev–Trinajstić information content (AvgIpc) is 2.60. The van der Waals surface area contributed by atoms with Crippen molar-refractivity contribution in [2.24, 2.45) is 0 Å². The van der Waals surface area contributed by atoms with Crippen LogP contribution in [0, 0.1) is 0 Å². The van der Waals surface area contributed by atoms with Crippen LogP contribution in [0.1, 0.15) is 81.0 Å². The highest BCUT2D eigenvalue weighted by atomic mass is 16.5. The lowest BCUT2D eigenvalue weighted by Gasteiger charge is -2.16. The van der Waals surface area contributed by atoms with Gasteiger partial charge in [-0.15, -0.1) is 0 Å². The summed E-state index contributed by atoms with van der Waals surface area (Å²) in [6.07, 6.45) is 2.67. The highest BCUT2D eigenvalue weighted by Gasteiger charge is 2.23. The van der Waals surface area contributed by atoms with Crippen LogP contribution in [0.15, 0.2) is 12.1 Å². The monoisotopic (exact) mass is 364 g/mol. The Kier molecular flexibility index (Phi) is 8.27. The number of rotatable bonds is 10. The number of hydrogen-bond acceptors (Lipinski definition) is 8. The molecule has 1 rings (SSSR count).